The van der Waals surface area contributed by atoms with Crippen molar-refractivity contribution in [2.45, 2.75) is 6.54 Å². The molecule has 0 bridgehead atoms. The lowest BCUT2D eigenvalue weighted by Gasteiger charge is -2.10. The Balaban J connectivity index is 2.13. The van der Waals surface area contributed by atoms with E-state index in [0.717, 1.165) is 10.8 Å². The predicted molar refractivity (Wildman–Crippen MR) is 76.1 cm³/mol. The highest BCUT2D eigenvalue weighted by Gasteiger charge is 2.10. The van der Waals surface area contributed by atoms with Gasteiger partial charge in [-0.3, -0.25) is 0 Å². The van der Waals surface area contributed by atoms with Crippen LogP contribution in [0.5, 0.6) is 11.6 Å². The molecule has 0 saturated heterocycles. The Morgan fingerprint density at radius 2 is 1.80 bits per heavy atom. The lowest BCUT2D eigenvalue weighted by atomic mass is 10.1. The number of nitrogens with zero attached hydrogens (tertiary/aromatic N) is 1. The van der Waals surface area contributed by atoms with E-state index in [9.17, 15) is 4.39 Å². The molecule has 4 heteroatoms. The van der Waals surface area contributed by atoms with Crippen LogP contribution in [0.15, 0.2) is 54.6 Å². The van der Waals surface area contributed by atoms with Crippen LogP contribution in [-0.4, -0.2) is 4.98 Å². The van der Waals surface area contributed by atoms with Crippen molar-refractivity contribution in [3.05, 3.63) is 66.1 Å². The standard InChI is InChI=1S/C16H13FN2O/c17-14-7-3-4-8-15(14)20-16-13-6-2-1-5-11(13)9-12(10-18)19-16/h1-9H,10,18H2. The van der Waals surface area contributed by atoms with Crippen molar-refractivity contribution in [3.8, 4) is 11.6 Å². The van der Waals surface area contributed by atoms with Gasteiger partial charge in [-0.05, 0) is 29.7 Å². The van der Waals surface area contributed by atoms with Gasteiger partial charge in [0.2, 0.25) is 5.88 Å². The molecule has 0 atom stereocenters. The van der Waals surface area contributed by atoms with Crippen LogP contribution in [0.2, 0.25) is 0 Å². The SMILES string of the molecule is NCc1cc2ccccc2c(Oc2ccccc2F)n1. The highest BCUT2D eigenvalue weighted by atomic mass is 19.1. The number of para-hydroxylation sites is 1. The fourth-order valence-corrected chi connectivity index (χ4v) is 2.03. The number of nitrogens with two attached hydrogens (primary N) is 1. The molecule has 0 spiro atoms. The number of hydrogen-bond acceptors (Lipinski definition) is 3. The largest absolute Gasteiger partial charge is 0.435 e. The summed E-state index contributed by atoms with van der Waals surface area (Å²) in [6.07, 6.45) is 0. The number of fused-ring (bicyclic) bond motifs is 1. The maximum atomic E-state index is 13.7. The molecule has 0 aliphatic rings. The van der Waals surface area contributed by atoms with E-state index >= 15 is 0 Å². The molecular weight excluding hydrogens is 255 g/mol. The van der Waals surface area contributed by atoms with Gasteiger partial charge in [0.15, 0.2) is 11.6 Å². The summed E-state index contributed by atoms with van der Waals surface area (Å²) in [6.45, 7) is 0.304. The van der Waals surface area contributed by atoms with E-state index < -0.39 is 5.82 Å². The number of ether oxygens (including phenoxy) is 1. The van der Waals surface area contributed by atoms with Crippen molar-refractivity contribution >= 4 is 10.8 Å². The first kappa shape index (κ1) is 12.6. The van der Waals surface area contributed by atoms with Crippen LogP contribution < -0.4 is 10.5 Å². The van der Waals surface area contributed by atoms with E-state index in [4.69, 9.17) is 10.5 Å². The molecule has 3 aromatic rings. The van der Waals surface area contributed by atoms with Crippen LogP contribution in [0.1, 0.15) is 5.69 Å². The number of hydrogen-bond donors (Lipinski definition) is 1. The molecule has 0 aliphatic carbocycles. The quantitative estimate of drug-likeness (QED) is 0.789. The van der Waals surface area contributed by atoms with Gasteiger partial charge in [0.1, 0.15) is 0 Å². The van der Waals surface area contributed by atoms with Crippen LogP contribution in [-0.2, 0) is 6.54 Å². The summed E-state index contributed by atoms with van der Waals surface area (Å²) in [7, 11) is 0. The minimum absolute atomic E-state index is 0.152. The maximum Gasteiger partial charge on any atom is 0.227 e. The molecule has 2 aromatic carbocycles. The second-order valence-electron chi connectivity index (χ2n) is 4.38. The van der Waals surface area contributed by atoms with Crippen molar-refractivity contribution < 1.29 is 9.13 Å². The first-order chi connectivity index (χ1) is 9.78. The minimum atomic E-state index is -0.420. The molecule has 0 amide bonds. The van der Waals surface area contributed by atoms with Crippen LogP contribution in [0.25, 0.3) is 10.8 Å². The number of rotatable bonds is 3. The molecular formula is C16H13FN2O. The summed E-state index contributed by atoms with van der Waals surface area (Å²) in [5.74, 6) is 0.101. The molecule has 0 unspecified atom stereocenters. The summed E-state index contributed by atoms with van der Waals surface area (Å²) in [4.78, 5) is 4.34. The molecule has 100 valence electrons. The third-order valence-electron chi connectivity index (χ3n) is 3.01. The van der Waals surface area contributed by atoms with Gasteiger partial charge in [-0.15, -0.1) is 0 Å². The Bertz CT molecular complexity index is 758. The Morgan fingerprint density at radius 1 is 1.05 bits per heavy atom. The van der Waals surface area contributed by atoms with E-state index in [2.05, 4.69) is 4.98 Å². The van der Waals surface area contributed by atoms with E-state index in [1.165, 1.54) is 6.07 Å². The van der Waals surface area contributed by atoms with E-state index in [1.807, 2.05) is 30.3 Å². The first-order valence-electron chi connectivity index (χ1n) is 6.29. The summed E-state index contributed by atoms with van der Waals surface area (Å²) in [6, 6.07) is 15.8. The van der Waals surface area contributed by atoms with Gasteiger partial charge in [0, 0.05) is 11.9 Å². The van der Waals surface area contributed by atoms with Gasteiger partial charge in [-0.25, -0.2) is 9.37 Å². The fourth-order valence-electron chi connectivity index (χ4n) is 2.03. The van der Waals surface area contributed by atoms with Gasteiger partial charge in [-0.1, -0.05) is 30.3 Å². The van der Waals surface area contributed by atoms with Gasteiger partial charge >= 0.3 is 0 Å². The Labute approximate surface area is 115 Å². The average Bonchev–Trinajstić information content (AvgIpc) is 2.49. The molecule has 0 fully saturated rings. The molecule has 1 heterocycles. The number of benzene rings is 2. The molecule has 3 nitrogen and oxygen atoms in total. The van der Waals surface area contributed by atoms with E-state index in [0.29, 0.717) is 18.1 Å². The lowest BCUT2D eigenvalue weighted by Crippen LogP contribution is -2.01. The summed E-state index contributed by atoms with van der Waals surface area (Å²) in [5, 5.41) is 1.79. The van der Waals surface area contributed by atoms with Crippen molar-refractivity contribution in [3.63, 3.8) is 0 Å². The third-order valence-corrected chi connectivity index (χ3v) is 3.01. The zero-order chi connectivity index (χ0) is 13.9. The normalized spacial score (nSPS) is 10.7. The van der Waals surface area contributed by atoms with Crippen molar-refractivity contribution in [2.24, 2.45) is 5.73 Å². The zero-order valence-corrected chi connectivity index (χ0v) is 10.7. The summed E-state index contributed by atoms with van der Waals surface area (Å²) < 4.78 is 19.3. The summed E-state index contributed by atoms with van der Waals surface area (Å²) in [5.41, 5.74) is 6.34. The second kappa shape index (κ2) is 5.27. The Hall–Kier alpha value is -2.46. The molecule has 1 aromatic heterocycles. The fraction of sp³-hybridized carbons (Fsp3) is 0.0625. The zero-order valence-electron chi connectivity index (χ0n) is 10.7. The van der Waals surface area contributed by atoms with Gasteiger partial charge in [-0.2, -0.15) is 0 Å². The van der Waals surface area contributed by atoms with Gasteiger partial charge in [0.25, 0.3) is 0 Å². The van der Waals surface area contributed by atoms with E-state index in [1.54, 1.807) is 18.2 Å². The lowest BCUT2D eigenvalue weighted by molar-refractivity contribution is 0.431. The number of halogens is 1. The monoisotopic (exact) mass is 268 g/mol. The molecule has 0 radical (unpaired) electrons. The molecule has 3 rings (SSSR count). The highest BCUT2D eigenvalue weighted by molar-refractivity contribution is 5.87. The summed E-state index contributed by atoms with van der Waals surface area (Å²) >= 11 is 0. The topological polar surface area (TPSA) is 48.1 Å². The number of pyridine rings is 1. The van der Waals surface area contributed by atoms with Crippen molar-refractivity contribution in [1.82, 2.24) is 4.98 Å². The third kappa shape index (κ3) is 2.33. The maximum absolute atomic E-state index is 13.7. The van der Waals surface area contributed by atoms with Crippen LogP contribution in [0, 0.1) is 5.82 Å². The van der Waals surface area contributed by atoms with Gasteiger partial charge in [0.05, 0.1) is 5.69 Å². The predicted octanol–water partition coefficient (Wildman–Crippen LogP) is 3.62. The van der Waals surface area contributed by atoms with Crippen LogP contribution in [0.4, 0.5) is 4.39 Å². The second-order valence-corrected chi connectivity index (χ2v) is 4.38. The molecule has 0 saturated carbocycles. The number of aromatic nitrogens is 1. The first-order valence-corrected chi connectivity index (χ1v) is 6.29. The van der Waals surface area contributed by atoms with Crippen molar-refractivity contribution in [2.75, 3.05) is 0 Å². The van der Waals surface area contributed by atoms with Crippen LogP contribution in [0.3, 0.4) is 0 Å². The van der Waals surface area contributed by atoms with Crippen LogP contribution >= 0.6 is 0 Å². The smallest absolute Gasteiger partial charge is 0.227 e. The highest BCUT2D eigenvalue weighted by Crippen LogP contribution is 2.29. The molecule has 0 aliphatic heterocycles. The molecule has 2 N–H and O–H groups in total. The Morgan fingerprint density at radius 3 is 2.60 bits per heavy atom. The van der Waals surface area contributed by atoms with Gasteiger partial charge < -0.3 is 10.5 Å². The molecule has 20 heavy (non-hydrogen) atoms. The van der Waals surface area contributed by atoms with Crippen molar-refractivity contribution in [1.29, 1.82) is 0 Å². The average molecular weight is 268 g/mol. The Kier molecular flexibility index (Phi) is 3.31. The minimum Gasteiger partial charge on any atom is -0.435 e. The van der Waals surface area contributed by atoms with E-state index in [-0.39, 0.29) is 5.75 Å².